The number of carbonyl (C=O) groups is 1. The summed E-state index contributed by atoms with van der Waals surface area (Å²) in [4.78, 5) is 11.4. The fourth-order valence-corrected chi connectivity index (χ4v) is 2.55. The van der Waals surface area contributed by atoms with Crippen LogP contribution in [0.25, 0.3) is 22.2 Å². The molecule has 0 aliphatic carbocycles. The van der Waals surface area contributed by atoms with Crippen molar-refractivity contribution in [2.75, 3.05) is 0 Å². The summed E-state index contributed by atoms with van der Waals surface area (Å²) in [6.07, 6.45) is 0. The molecule has 3 rings (SSSR count). The van der Waals surface area contributed by atoms with Gasteiger partial charge < -0.3 is 9.67 Å². The molecule has 0 bridgehead atoms. The Labute approximate surface area is 121 Å². The SMILES string of the molecule is CC(C(=O)O)n1c(-c2ccc(F)cc2)cc2ccccc21. The molecule has 4 heteroatoms. The van der Waals surface area contributed by atoms with Gasteiger partial charge in [0.2, 0.25) is 0 Å². The first kappa shape index (κ1) is 13.4. The summed E-state index contributed by atoms with van der Waals surface area (Å²) in [6.45, 7) is 1.64. The predicted octanol–water partition coefficient (Wildman–Crippen LogP) is 4.09. The van der Waals surface area contributed by atoms with Gasteiger partial charge >= 0.3 is 5.97 Å². The van der Waals surface area contributed by atoms with Crippen molar-refractivity contribution >= 4 is 16.9 Å². The zero-order valence-corrected chi connectivity index (χ0v) is 11.5. The number of aromatic nitrogens is 1. The molecule has 1 atom stereocenters. The van der Waals surface area contributed by atoms with Gasteiger partial charge in [-0.3, -0.25) is 0 Å². The lowest BCUT2D eigenvalue weighted by Gasteiger charge is -2.15. The van der Waals surface area contributed by atoms with Crippen molar-refractivity contribution in [1.29, 1.82) is 0 Å². The molecule has 0 amide bonds. The molecule has 1 N–H and O–H groups in total. The first-order valence-electron chi connectivity index (χ1n) is 6.66. The summed E-state index contributed by atoms with van der Waals surface area (Å²) in [5, 5.41) is 10.3. The number of rotatable bonds is 3. The lowest BCUT2D eigenvalue weighted by Crippen LogP contribution is -2.16. The van der Waals surface area contributed by atoms with Gasteiger partial charge in [-0.05, 0) is 48.9 Å². The number of carboxylic acid groups (broad SMARTS) is 1. The number of aliphatic carboxylic acids is 1. The van der Waals surface area contributed by atoms with Crippen LogP contribution in [0.15, 0.2) is 54.6 Å². The Bertz CT molecular complexity index is 805. The molecule has 21 heavy (non-hydrogen) atoms. The zero-order valence-electron chi connectivity index (χ0n) is 11.5. The number of hydrogen-bond acceptors (Lipinski definition) is 1. The average Bonchev–Trinajstić information content (AvgIpc) is 2.86. The van der Waals surface area contributed by atoms with Gasteiger partial charge in [0.25, 0.3) is 0 Å². The van der Waals surface area contributed by atoms with Crippen LogP contribution in [0, 0.1) is 5.82 Å². The smallest absolute Gasteiger partial charge is 0.326 e. The molecule has 0 radical (unpaired) electrons. The maximum Gasteiger partial charge on any atom is 0.326 e. The molecule has 0 saturated heterocycles. The van der Waals surface area contributed by atoms with E-state index < -0.39 is 12.0 Å². The molecule has 0 fully saturated rings. The maximum absolute atomic E-state index is 13.1. The molecule has 3 nitrogen and oxygen atoms in total. The second-order valence-electron chi connectivity index (χ2n) is 4.98. The molecule has 1 unspecified atom stereocenters. The molecule has 0 aliphatic heterocycles. The minimum Gasteiger partial charge on any atom is -0.480 e. The molecular formula is C17H14FNO2. The third kappa shape index (κ3) is 2.29. The van der Waals surface area contributed by atoms with Crippen molar-refractivity contribution in [1.82, 2.24) is 4.57 Å². The molecule has 0 saturated carbocycles. The number of fused-ring (bicyclic) bond motifs is 1. The average molecular weight is 283 g/mol. The Balaban J connectivity index is 2.28. The Morgan fingerprint density at radius 2 is 1.81 bits per heavy atom. The number of benzene rings is 2. The minimum atomic E-state index is -0.903. The van der Waals surface area contributed by atoms with E-state index in [1.54, 1.807) is 23.6 Å². The number of halogens is 1. The summed E-state index contributed by atoms with van der Waals surface area (Å²) < 4.78 is 14.9. The molecular weight excluding hydrogens is 269 g/mol. The van der Waals surface area contributed by atoms with Crippen LogP contribution in [-0.2, 0) is 4.79 Å². The number of carboxylic acids is 1. The van der Waals surface area contributed by atoms with Crippen molar-refractivity contribution in [3.63, 3.8) is 0 Å². The molecule has 1 heterocycles. The van der Waals surface area contributed by atoms with Crippen LogP contribution in [0.3, 0.4) is 0 Å². The lowest BCUT2D eigenvalue weighted by molar-refractivity contribution is -0.140. The molecule has 0 aliphatic rings. The highest BCUT2D eigenvalue weighted by molar-refractivity contribution is 5.89. The minimum absolute atomic E-state index is 0.312. The molecule has 1 aromatic heterocycles. The Morgan fingerprint density at radius 3 is 2.48 bits per heavy atom. The van der Waals surface area contributed by atoms with Crippen LogP contribution in [0.4, 0.5) is 4.39 Å². The normalized spacial score (nSPS) is 12.5. The van der Waals surface area contributed by atoms with Gasteiger partial charge in [0.05, 0.1) is 0 Å². The zero-order chi connectivity index (χ0) is 15.0. The maximum atomic E-state index is 13.1. The van der Waals surface area contributed by atoms with E-state index >= 15 is 0 Å². The van der Waals surface area contributed by atoms with Crippen molar-refractivity contribution in [2.45, 2.75) is 13.0 Å². The van der Waals surface area contributed by atoms with E-state index in [0.29, 0.717) is 0 Å². The monoisotopic (exact) mass is 283 g/mol. The number of para-hydroxylation sites is 1. The van der Waals surface area contributed by atoms with Crippen LogP contribution >= 0.6 is 0 Å². The molecule has 2 aromatic carbocycles. The quantitative estimate of drug-likeness (QED) is 0.786. The van der Waals surface area contributed by atoms with Gasteiger partial charge in [-0.1, -0.05) is 18.2 Å². The van der Waals surface area contributed by atoms with E-state index in [-0.39, 0.29) is 5.82 Å². The highest BCUT2D eigenvalue weighted by atomic mass is 19.1. The molecule has 0 spiro atoms. The largest absolute Gasteiger partial charge is 0.480 e. The summed E-state index contributed by atoms with van der Waals surface area (Å²) in [5.74, 6) is -1.22. The Kier molecular flexibility index (Phi) is 3.22. The van der Waals surface area contributed by atoms with Crippen molar-refractivity contribution < 1.29 is 14.3 Å². The van der Waals surface area contributed by atoms with Gasteiger partial charge in [-0.25, -0.2) is 9.18 Å². The highest BCUT2D eigenvalue weighted by Gasteiger charge is 2.20. The standard InChI is InChI=1S/C17H14FNO2/c1-11(17(20)21)19-15-5-3-2-4-13(15)10-16(19)12-6-8-14(18)9-7-12/h2-11H,1H3,(H,20,21). The topological polar surface area (TPSA) is 42.2 Å². The van der Waals surface area contributed by atoms with E-state index in [1.807, 2.05) is 30.3 Å². The van der Waals surface area contributed by atoms with Crippen molar-refractivity contribution in [3.05, 3.63) is 60.4 Å². The highest BCUT2D eigenvalue weighted by Crippen LogP contribution is 2.31. The fraction of sp³-hybridized carbons (Fsp3) is 0.118. The van der Waals surface area contributed by atoms with E-state index in [4.69, 9.17) is 0 Å². The van der Waals surface area contributed by atoms with Crippen LogP contribution in [0.2, 0.25) is 0 Å². The molecule has 106 valence electrons. The van der Waals surface area contributed by atoms with Crippen LogP contribution in [-0.4, -0.2) is 15.6 Å². The van der Waals surface area contributed by atoms with Gasteiger partial charge in [0.1, 0.15) is 11.9 Å². The van der Waals surface area contributed by atoms with Gasteiger partial charge in [0.15, 0.2) is 0 Å². The first-order chi connectivity index (χ1) is 10.1. The second-order valence-corrected chi connectivity index (χ2v) is 4.98. The second kappa shape index (κ2) is 5.05. The van der Waals surface area contributed by atoms with Gasteiger partial charge in [0, 0.05) is 16.6 Å². The van der Waals surface area contributed by atoms with E-state index in [9.17, 15) is 14.3 Å². The Morgan fingerprint density at radius 1 is 1.14 bits per heavy atom. The van der Waals surface area contributed by atoms with E-state index in [0.717, 1.165) is 22.2 Å². The lowest BCUT2D eigenvalue weighted by atomic mass is 10.1. The van der Waals surface area contributed by atoms with Crippen LogP contribution in [0.5, 0.6) is 0 Å². The fourth-order valence-electron chi connectivity index (χ4n) is 2.55. The van der Waals surface area contributed by atoms with Crippen LogP contribution < -0.4 is 0 Å². The van der Waals surface area contributed by atoms with Crippen LogP contribution in [0.1, 0.15) is 13.0 Å². The van der Waals surface area contributed by atoms with Crippen molar-refractivity contribution in [2.24, 2.45) is 0 Å². The van der Waals surface area contributed by atoms with E-state index in [2.05, 4.69) is 0 Å². The molecule has 3 aromatic rings. The Hall–Kier alpha value is -2.62. The van der Waals surface area contributed by atoms with Crippen molar-refractivity contribution in [3.8, 4) is 11.3 Å². The summed E-state index contributed by atoms with van der Waals surface area (Å²) in [6, 6.07) is 14.9. The predicted molar refractivity (Wildman–Crippen MR) is 79.7 cm³/mol. The van der Waals surface area contributed by atoms with Gasteiger partial charge in [-0.2, -0.15) is 0 Å². The third-order valence-corrected chi connectivity index (χ3v) is 3.63. The third-order valence-electron chi connectivity index (χ3n) is 3.63. The van der Waals surface area contributed by atoms with E-state index in [1.165, 1.54) is 12.1 Å². The summed E-state index contributed by atoms with van der Waals surface area (Å²) in [7, 11) is 0. The number of nitrogens with zero attached hydrogens (tertiary/aromatic N) is 1. The first-order valence-corrected chi connectivity index (χ1v) is 6.66. The van der Waals surface area contributed by atoms with Gasteiger partial charge in [-0.15, -0.1) is 0 Å². The number of hydrogen-bond donors (Lipinski definition) is 1. The summed E-state index contributed by atoms with van der Waals surface area (Å²) >= 11 is 0. The summed E-state index contributed by atoms with van der Waals surface area (Å²) in [5.41, 5.74) is 2.42.